The Hall–Kier alpha value is -3.69. The van der Waals surface area contributed by atoms with Gasteiger partial charge in [0.15, 0.2) is 11.5 Å². The second-order valence-electron chi connectivity index (χ2n) is 9.14. The van der Waals surface area contributed by atoms with Crippen LogP contribution in [0.4, 0.5) is 26.3 Å². The molecule has 4 nitrogen and oxygen atoms in total. The molecule has 4 rings (SSSR count). The Morgan fingerprint density at radius 2 is 1.30 bits per heavy atom. The monoisotopic (exact) mass is 523 g/mol. The van der Waals surface area contributed by atoms with E-state index >= 15 is 0 Å². The van der Waals surface area contributed by atoms with Crippen molar-refractivity contribution in [2.45, 2.75) is 31.6 Å². The first-order chi connectivity index (χ1) is 17.2. The lowest BCUT2D eigenvalue weighted by Crippen LogP contribution is -2.30. The zero-order valence-electron chi connectivity index (χ0n) is 20.3. The summed E-state index contributed by atoms with van der Waals surface area (Å²) < 4.78 is 96.7. The number of benzene rings is 3. The molecule has 0 aliphatic carbocycles. The van der Waals surface area contributed by atoms with Crippen LogP contribution in [0.1, 0.15) is 41.7 Å². The molecule has 3 aromatic rings. The number of alkyl halides is 6. The smallest absolute Gasteiger partial charge is 0.416 e. The molecule has 0 fully saturated rings. The highest BCUT2D eigenvalue weighted by Crippen LogP contribution is 2.43. The number of fused-ring (bicyclic) bond motifs is 1. The van der Waals surface area contributed by atoms with E-state index in [-0.39, 0.29) is 17.2 Å². The van der Waals surface area contributed by atoms with Crippen LogP contribution in [0.25, 0.3) is 0 Å². The van der Waals surface area contributed by atoms with E-state index < -0.39 is 29.2 Å². The van der Waals surface area contributed by atoms with Gasteiger partial charge < -0.3 is 14.2 Å². The van der Waals surface area contributed by atoms with Gasteiger partial charge in [0.25, 0.3) is 0 Å². The molecular weight excluding hydrogens is 500 g/mol. The largest absolute Gasteiger partial charge is 0.493 e. The van der Waals surface area contributed by atoms with Crippen LogP contribution in [0.3, 0.4) is 0 Å². The summed E-state index contributed by atoms with van der Waals surface area (Å²) >= 11 is 0. The van der Waals surface area contributed by atoms with E-state index in [0.29, 0.717) is 47.0 Å². The summed E-state index contributed by atoms with van der Waals surface area (Å²) in [7, 11) is 3.00. The molecule has 1 aliphatic heterocycles. The minimum Gasteiger partial charge on any atom is -0.493 e. The van der Waals surface area contributed by atoms with E-state index in [2.05, 4.69) is 0 Å². The number of hydrogen-bond donors (Lipinski definition) is 0. The SMILES string of the molecule is COc1cc2c(cc1OC)C(C)(C)CN=C2c1ccccc1Oc1cc(C(F)(F)F)cc(C(F)(F)F)c1. The van der Waals surface area contributed by atoms with Gasteiger partial charge in [0.05, 0.1) is 31.1 Å². The fraction of sp³-hybridized carbons (Fsp3) is 0.296. The first kappa shape index (κ1) is 26.4. The van der Waals surface area contributed by atoms with Crippen molar-refractivity contribution in [1.29, 1.82) is 0 Å². The zero-order chi connectivity index (χ0) is 27.2. The van der Waals surface area contributed by atoms with Gasteiger partial charge in [-0.1, -0.05) is 26.0 Å². The molecule has 0 radical (unpaired) electrons. The lowest BCUT2D eigenvalue weighted by Gasteiger charge is -2.32. The van der Waals surface area contributed by atoms with Crippen LogP contribution in [-0.4, -0.2) is 26.5 Å². The van der Waals surface area contributed by atoms with Crippen molar-refractivity contribution in [3.63, 3.8) is 0 Å². The third-order valence-corrected chi connectivity index (χ3v) is 6.07. The van der Waals surface area contributed by atoms with Crippen molar-refractivity contribution in [3.8, 4) is 23.0 Å². The maximum Gasteiger partial charge on any atom is 0.416 e. The molecule has 0 amide bonds. The molecule has 0 spiro atoms. The Kier molecular flexibility index (Phi) is 6.64. The zero-order valence-corrected chi connectivity index (χ0v) is 20.3. The molecule has 37 heavy (non-hydrogen) atoms. The lowest BCUT2D eigenvalue weighted by atomic mass is 9.77. The second-order valence-corrected chi connectivity index (χ2v) is 9.14. The van der Waals surface area contributed by atoms with Gasteiger partial charge in [-0.3, -0.25) is 4.99 Å². The summed E-state index contributed by atoms with van der Waals surface area (Å²) in [6, 6.07) is 11.1. The van der Waals surface area contributed by atoms with Gasteiger partial charge in [0.2, 0.25) is 0 Å². The summed E-state index contributed by atoms with van der Waals surface area (Å²) in [5.41, 5.74) is -0.862. The second kappa shape index (κ2) is 9.32. The van der Waals surface area contributed by atoms with E-state index in [1.54, 1.807) is 24.3 Å². The normalized spacial score (nSPS) is 15.0. The summed E-state index contributed by atoms with van der Waals surface area (Å²) in [5.74, 6) is 0.412. The van der Waals surface area contributed by atoms with Crippen molar-refractivity contribution in [2.75, 3.05) is 20.8 Å². The standard InChI is InChI=1S/C27H23F6NO3/c1-25(2)14-34-24(19-12-22(35-3)23(36-4)13-20(19)25)18-7-5-6-8-21(18)37-17-10-15(26(28,29)30)9-16(11-17)27(31,32)33/h5-13H,14H2,1-4H3. The van der Waals surface area contributed by atoms with Crippen molar-refractivity contribution >= 4 is 5.71 Å². The van der Waals surface area contributed by atoms with Gasteiger partial charge in [-0.2, -0.15) is 26.3 Å². The minimum atomic E-state index is -4.99. The Morgan fingerprint density at radius 1 is 0.730 bits per heavy atom. The van der Waals surface area contributed by atoms with Crippen LogP contribution < -0.4 is 14.2 Å². The fourth-order valence-electron chi connectivity index (χ4n) is 4.18. The number of hydrogen-bond acceptors (Lipinski definition) is 4. The molecule has 0 unspecified atom stereocenters. The van der Waals surface area contributed by atoms with Gasteiger partial charge in [-0.05, 0) is 48.0 Å². The van der Waals surface area contributed by atoms with Gasteiger partial charge >= 0.3 is 12.4 Å². The van der Waals surface area contributed by atoms with E-state index in [0.717, 1.165) is 5.56 Å². The van der Waals surface area contributed by atoms with E-state index in [1.807, 2.05) is 19.9 Å². The number of nitrogens with zero attached hydrogens (tertiary/aromatic N) is 1. The Balaban J connectivity index is 1.84. The van der Waals surface area contributed by atoms with Gasteiger partial charge in [-0.25, -0.2) is 0 Å². The van der Waals surface area contributed by atoms with Crippen molar-refractivity contribution < 1.29 is 40.6 Å². The maximum atomic E-state index is 13.4. The molecule has 10 heteroatoms. The Bertz CT molecular complexity index is 1330. The molecule has 0 aromatic heterocycles. The highest BCUT2D eigenvalue weighted by Gasteiger charge is 2.38. The van der Waals surface area contributed by atoms with Crippen LogP contribution in [0.2, 0.25) is 0 Å². The predicted molar refractivity (Wildman–Crippen MR) is 126 cm³/mol. The van der Waals surface area contributed by atoms with Crippen LogP contribution in [0.5, 0.6) is 23.0 Å². The Labute approximate surface area is 209 Å². The summed E-state index contributed by atoms with van der Waals surface area (Å²) in [4.78, 5) is 4.72. The van der Waals surface area contributed by atoms with E-state index in [1.165, 1.54) is 20.3 Å². The highest BCUT2D eigenvalue weighted by molar-refractivity contribution is 6.16. The summed E-state index contributed by atoms with van der Waals surface area (Å²) in [6.45, 7) is 4.38. The molecular formula is C27H23F6NO3. The fourth-order valence-corrected chi connectivity index (χ4v) is 4.18. The van der Waals surface area contributed by atoms with Gasteiger partial charge in [-0.15, -0.1) is 0 Å². The number of ether oxygens (including phenoxy) is 3. The molecule has 0 N–H and O–H groups in total. The first-order valence-electron chi connectivity index (χ1n) is 11.1. The van der Waals surface area contributed by atoms with Crippen LogP contribution in [-0.2, 0) is 17.8 Å². The van der Waals surface area contributed by atoms with Crippen LogP contribution >= 0.6 is 0 Å². The highest BCUT2D eigenvalue weighted by atomic mass is 19.4. The molecule has 0 atom stereocenters. The predicted octanol–water partition coefficient (Wildman–Crippen LogP) is 7.66. The molecule has 0 saturated heterocycles. The minimum absolute atomic E-state index is 0.0501. The quantitative estimate of drug-likeness (QED) is 0.323. The number of para-hydroxylation sites is 1. The van der Waals surface area contributed by atoms with Crippen LogP contribution in [0.15, 0.2) is 59.6 Å². The third-order valence-electron chi connectivity index (χ3n) is 6.07. The van der Waals surface area contributed by atoms with E-state index in [4.69, 9.17) is 19.2 Å². The molecule has 1 aliphatic rings. The number of rotatable bonds is 5. The average Bonchev–Trinajstić information content (AvgIpc) is 2.82. The average molecular weight is 523 g/mol. The summed E-state index contributed by atoms with van der Waals surface area (Å²) in [6.07, 6.45) is -9.99. The van der Waals surface area contributed by atoms with E-state index in [9.17, 15) is 26.3 Å². The maximum absolute atomic E-state index is 13.4. The third kappa shape index (κ3) is 5.23. The van der Waals surface area contributed by atoms with Crippen molar-refractivity contribution in [1.82, 2.24) is 0 Å². The molecule has 196 valence electrons. The lowest BCUT2D eigenvalue weighted by molar-refractivity contribution is -0.143. The topological polar surface area (TPSA) is 40.0 Å². The molecule has 0 saturated carbocycles. The van der Waals surface area contributed by atoms with Crippen molar-refractivity contribution in [2.24, 2.45) is 4.99 Å². The number of methoxy groups -OCH3 is 2. The van der Waals surface area contributed by atoms with Gasteiger partial charge in [0, 0.05) is 23.1 Å². The summed E-state index contributed by atoms with van der Waals surface area (Å²) in [5, 5.41) is 0. The Morgan fingerprint density at radius 3 is 1.86 bits per heavy atom. The molecule has 3 aromatic carbocycles. The number of aliphatic imine (C=N–C) groups is 1. The van der Waals surface area contributed by atoms with Crippen molar-refractivity contribution in [3.05, 3.63) is 82.4 Å². The molecule has 0 bridgehead atoms. The first-order valence-corrected chi connectivity index (χ1v) is 11.1. The molecule has 1 heterocycles. The number of halogens is 6. The van der Waals surface area contributed by atoms with Crippen LogP contribution in [0, 0.1) is 0 Å². The van der Waals surface area contributed by atoms with Gasteiger partial charge in [0.1, 0.15) is 11.5 Å².